The predicted octanol–water partition coefficient (Wildman–Crippen LogP) is 2.50. The van der Waals surface area contributed by atoms with E-state index in [0.29, 0.717) is 18.3 Å². The molecule has 0 spiro atoms. The summed E-state index contributed by atoms with van der Waals surface area (Å²) in [5.41, 5.74) is -0.158. The van der Waals surface area contributed by atoms with Crippen LogP contribution in [-0.2, 0) is 9.59 Å². The van der Waals surface area contributed by atoms with Crippen molar-refractivity contribution < 1.29 is 9.59 Å². The van der Waals surface area contributed by atoms with Crippen LogP contribution in [0.5, 0.6) is 0 Å². The van der Waals surface area contributed by atoms with Gasteiger partial charge < -0.3 is 0 Å². The summed E-state index contributed by atoms with van der Waals surface area (Å²) in [6.45, 7) is 6.39. The molecule has 2 atom stereocenters. The molecule has 1 aliphatic carbocycles. The van der Waals surface area contributed by atoms with Gasteiger partial charge in [0.1, 0.15) is 0 Å². The van der Waals surface area contributed by atoms with Gasteiger partial charge in [-0.25, -0.2) is 0 Å². The number of hydrogen-bond acceptors (Lipinski definition) is 2. The average Bonchev–Trinajstić information content (AvgIpc) is 2.68. The Balaban J connectivity index is 2.29. The molecule has 2 aliphatic rings. The summed E-state index contributed by atoms with van der Waals surface area (Å²) >= 11 is 0. The van der Waals surface area contributed by atoms with Gasteiger partial charge in [-0.3, -0.25) is 14.9 Å². The Morgan fingerprint density at radius 1 is 1.24 bits per heavy atom. The molecule has 2 amide bonds. The molecular weight excluding hydrogens is 214 g/mol. The molecule has 17 heavy (non-hydrogen) atoms. The van der Waals surface area contributed by atoms with Crippen molar-refractivity contribution in [2.45, 2.75) is 52.9 Å². The van der Waals surface area contributed by atoms with Gasteiger partial charge >= 0.3 is 0 Å². The van der Waals surface area contributed by atoms with Crippen LogP contribution >= 0.6 is 0 Å². The van der Waals surface area contributed by atoms with Crippen molar-refractivity contribution in [3.63, 3.8) is 0 Å². The Hall–Kier alpha value is -0.860. The Bertz CT molecular complexity index is 331. The molecule has 1 N–H and O–H groups in total. The molecule has 1 saturated heterocycles. The molecule has 96 valence electrons. The number of nitrogens with one attached hydrogen (secondary N) is 1. The van der Waals surface area contributed by atoms with Crippen LogP contribution in [0.15, 0.2) is 0 Å². The molecule has 2 fully saturated rings. The standard InChI is InChI=1S/C14H23NO2/c1-9(2)14(3)8-11(16)15-13(17)12(14)10-6-4-5-7-10/h9-10,12H,4-8H2,1-3H3,(H,15,16,17). The number of amides is 2. The van der Waals surface area contributed by atoms with Crippen LogP contribution in [0, 0.1) is 23.2 Å². The highest BCUT2D eigenvalue weighted by Gasteiger charge is 2.50. The zero-order chi connectivity index (χ0) is 12.6. The monoisotopic (exact) mass is 237 g/mol. The zero-order valence-electron chi connectivity index (χ0n) is 11.1. The van der Waals surface area contributed by atoms with Gasteiger partial charge in [0.15, 0.2) is 0 Å². The second kappa shape index (κ2) is 4.43. The van der Waals surface area contributed by atoms with Crippen molar-refractivity contribution in [3.05, 3.63) is 0 Å². The lowest BCUT2D eigenvalue weighted by atomic mass is 9.60. The van der Waals surface area contributed by atoms with Crippen molar-refractivity contribution in [2.24, 2.45) is 23.2 Å². The minimum Gasteiger partial charge on any atom is -0.296 e. The number of piperidine rings is 1. The molecule has 1 heterocycles. The highest BCUT2D eigenvalue weighted by Crippen LogP contribution is 2.48. The number of carbonyl (C=O) groups is 2. The second-order valence-electron chi connectivity index (χ2n) is 6.27. The van der Waals surface area contributed by atoms with E-state index in [1.807, 2.05) is 0 Å². The first-order chi connectivity index (χ1) is 7.95. The maximum Gasteiger partial charge on any atom is 0.230 e. The number of rotatable bonds is 2. The smallest absolute Gasteiger partial charge is 0.230 e. The summed E-state index contributed by atoms with van der Waals surface area (Å²) in [5.74, 6) is 0.756. The van der Waals surface area contributed by atoms with Gasteiger partial charge in [-0.05, 0) is 30.1 Å². The van der Waals surface area contributed by atoms with Crippen LogP contribution in [0.25, 0.3) is 0 Å². The lowest BCUT2D eigenvalue weighted by molar-refractivity contribution is -0.148. The fourth-order valence-corrected chi connectivity index (χ4v) is 3.62. The first-order valence-corrected chi connectivity index (χ1v) is 6.79. The Labute approximate surface area is 103 Å². The first-order valence-electron chi connectivity index (χ1n) is 6.79. The molecule has 0 radical (unpaired) electrons. The first kappa shape index (κ1) is 12.6. The zero-order valence-corrected chi connectivity index (χ0v) is 11.1. The highest BCUT2D eigenvalue weighted by atomic mass is 16.2. The van der Waals surface area contributed by atoms with Gasteiger partial charge in [0.25, 0.3) is 0 Å². The van der Waals surface area contributed by atoms with E-state index < -0.39 is 0 Å². The molecule has 0 aromatic heterocycles. The van der Waals surface area contributed by atoms with E-state index in [-0.39, 0.29) is 23.1 Å². The van der Waals surface area contributed by atoms with E-state index in [1.54, 1.807) is 0 Å². The lowest BCUT2D eigenvalue weighted by Gasteiger charge is -2.45. The maximum atomic E-state index is 12.2. The van der Waals surface area contributed by atoms with E-state index >= 15 is 0 Å². The summed E-state index contributed by atoms with van der Waals surface area (Å²) in [6, 6.07) is 0. The van der Waals surface area contributed by atoms with Crippen molar-refractivity contribution in [1.82, 2.24) is 5.32 Å². The SMILES string of the molecule is CC(C)C1(C)CC(=O)NC(=O)C1C1CCCC1. The van der Waals surface area contributed by atoms with E-state index in [1.165, 1.54) is 12.8 Å². The fourth-order valence-electron chi connectivity index (χ4n) is 3.62. The van der Waals surface area contributed by atoms with Crippen LogP contribution in [0.1, 0.15) is 52.9 Å². The largest absolute Gasteiger partial charge is 0.296 e. The van der Waals surface area contributed by atoms with Gasteiger partial charge in [-0.15, -0.1) is 0 Å². The summed E-state index contributed by atoms with van der Waals surface area (Å²) in [5, 5.41) is 2.54. The van der Waals surface area contributed by atoms with Crippen LogP contribution in [0.2, 0.25) is 0 Å². The topological polar surface area (TPSA) is 46.2 Å². The molecular formula is C14H23NO2. The second-order valence-corrected chi connectivity index (χ2v) is 6.27. The van der Waals surface area contributed by atoms with Gasteiger partial charge in [0.2, 0.25) is 11.8 Å². The normalized spacial score (nSPS) is 35.4. The van der Waals surface area contributed by atoms with Gasteiger partial charge in [-0.2, -0.15) is 0 Å². The Kier molecular flexibility index (Phi) is 3.28. The molecule has 0 aromatic carbocycles. The third-order valence-electron chi connectivity index (χ3n) is 4.99. The quantitative estimate of drug-likeness (QED) is 0.750. The van der Waals surface area contributed by atoms with E-state index in [0.717, 1.165) is 12.8 Å². The van der Waals surface area contributed by atoms with Crippen LogP contribution < -0.4 is 5.32 Å². The number of carbonyl (C=O) groups excluding carboxylic acids is 2. The molecule has 1 aliphatic heterocycles. The summed E-state index contributed by atoms with van der Waals surface area (Å²) < 4.78 is 0. The third-order valence-corrected chi connectivity index (χ3v) is 4.99. The summed E-state index contributed by atoms with van der Waals surface area (Å²) in [6.07, 6.45) is 5.26. The van der Waals surface area contributed by atoms with Crippen LogP contribution in [0.4, 0.5) is 0 Å². The fraction of sp³-hybridized carbons (Fsp3) is 0.857. The summed E-state index contributed by atoms with van der Waals surface area (Å²) in [4.78, 5) is 23.8. The lowest BCUT2D eigenvalue weighted by Crippen LogP contribution is -2.55. The van der Waals surface area contributed by atoms with Crippen molar-refractivity contribution >= 4 is 11.8 Å². The highest BCUT2D eigenvalue weighted by molar-refractivity contribution is 5.99. The molecule has 2 rings (SSSR count). The molecule has 0 aromatic rings. The van der Waals surface area contributed by atoms with Crippen LogP contribution in [0.3, 0.4) is 0 Å². The predicted molar refractivity (Wildman–Crippen MR) is 66.2 cm³/mol. The Morgan fingerprint density at radius 2 is 1.82 bits per heavy atom. The van der Waals surface area contributed by atoms with Gasteiger partial charge in [0, 0.05) is 12.3 Å². The van der Waals surface area contributed by atoms with Crippen molar-refractivity contribution in [1.29, 1.82) is 0 Å². The van der Waals surface area contributed by atoms with Crippen molar-refractivity contribution in [3.8, 4) is 0 Å². The molecule has 2 unspecified atom stereocenters. The minimum absolute atomic E-state index is 0.0237. The van der Waals surface area contributed by atoms with Crippen molar-refractivity contribution in [2.75, 3.05) is 0 Å². The molecule has 3 heteroatoms. The molecule has 1 saturated carbocycles. The van der Waals surface area contributed by atoms with E-state index in [4.69, 9.17) is 0 Å². The molecule has 3 nitrogen and oxygen atoms in total. The van der Waals surface area contributed by atoms with E-state index in [9.17, 15) is 9.59 Å². The number of imide groups is 1. The van der Waals surface area contributed by atoms with Gasteiger partial charge in [-0.1, -0.05) is 33.6 Å². The minimum atomic E-state index is -0.158. The Morgan fingerprint density at radius 3 is 2.35 bits per heavy atom. The average molecular weight is 237 g/mol. The van der Waals surface area contributed by atoms with Gasteiger partial charge in [0.05, 0.1) is 0 Å². The maximum absolute atomic E-state index is 12.2. The molecule has 0 bridgehead atoms. The third kappa shape index (κ3) is 2.12. The number of hydrogen-bond donors (Lipinski definition) is 1. The summed E-state index contributed by atoms with van der Waals surface area (Å²) in [7, 11) is 0. The van der Waals surface area contributed by atoms with Crippen LogP contribution in [-0.4, -0.2) is 11.8 Å². The van der Waals surface area contributed by atoms with E-state index in [2.05, 4.69) is 26.1 Å².